The summed E-state index contributed by atoms with van der Waals surface area (Å²) in [5.41, 5.74) is 12.8. The summed E-state index contributed by atoms with van der Waals surface area (Å²) in [5.74, 6) is 2.35. The van der Waals surface area contributed by atoms with Crippen LogP contribution in [0.25, 0.3) is 138 Å². The molecule has 0 saturated heterocycles. The lowest BCUT2D eigenvalue weighted by atomic mass is 10.0. The van der Waals surface area contributed by atoms with Gasteiger partial charge in [-0.1, -0.05) is 158 Å². The van der Waals surface area contributed by atoms with Gasteiger partial charge in [-0.15, -0.1) is 0 Å². The molecular weight excluding hydrogens is 1010 g/mol. The van der Waals surface area contributed by atoms with Crippen LogP contribution in [0.3, 0.4) is 0 Å². The molecule has 0 aliphatic heterocycles. The van der Waals surface area contributed by atoms with Crippen molar-refractivity contribution < 1.29 is 46.0 Å². The van der Waals surface area contributed by atoms with E-state index < -0.39 is 0 Å². The summed E-state index contributed by atoms with van der Waals surface area (Å²) in [6, 6.07) is 49.8. The fraction of sp³-hybridized carbons (Fsp3) is 0. The van der Waals surface area contributed by atoms with Gasteiger partial charge in [0, 0.05) is 27.3 Å². The molecule has 0 atom stereocenters. The van der Waals surface area contributed by atoms with E-state index in [0.717, 1.165) is 82.2 Å². The average Bonchev–Trinajstić information content (AvgIpc) is 4.55. The number of hydrogen-bond acceptors (Lipinski definition) is 9. The van der Waals surface area contributed by atoms with Crippen molar-refractivity contribution >= 4 is 138 Å². The lowest BCUT2D eigenvalue weighted by Gasteiger charge is -2.05. The third-order valence-corrected chi connectivity index (χ3v) is 15.2. The van der Waals surface area contributed by atoms with Gasteiger partial charge in [0.25, 0.3) is 0 Å². The quantitative estimate of drug-likeness (QED) is 0.0714. The van der Waals surface area contributed by atoms with E-state index in [1.165, 1.54) is 43.8 Å². The third kappa shape index (κ3) is 8.91. The second-order valence-corrected chi connectivity index (χ2v) is 20.3. The Hall–Kier alpha value is -11.2. The number of benzene rings is 12. The maximum absolute atomic E-state index is 9.64. The standard InChI is InChI=1S/3C12H8O2.3C12H8O/c13-9-5-7-1-3-10-11(14)4-2-8(6-9)12(7)10;13-10-3-7-1-2-8-4-11(14)6-9(5-10)12(7)8;13-9-5-3-7-1-2-8-4-6-10(14)12(9)11(7)8;13-11-7-5-9-3-1-2-8-4-6-10(11)12(8)9;13-11-6-9-3-1-2-8-4-5-10(7-11)12(8)9;13-11-7-6-9-5-4-8-2-1-3-10(11)12(8)9/h3*1-6,13-14H;3*1-7,13H. The molecule has 81 heavy (non-hydrogen) atoms. The molecule has 0 heterocycles. The van der Waals surface area contributed by atoms with E-state index in [1.54, 1.807) is 78.9 Å². The maximum Gasteiger partial charge on any atom is 0.127 e. The van der Waals surface area contributed by atoms with E-state index in [9.17, 15) is 46.0 Å². The largest absolute Gasteiger partial charge is 0.508 e. The molecule has 9 nitrogen and oxygen atoms in total. The van der Waals surface area contributed by atoms with Crippen molar-refractivity contribution in [1.29, 1.82) is 0 Å². The highest BCUT2D eigenvalue weighted by molar-refractivity contribution is 6.12. The van der Waals surface area contributed by atoms with Gasteiger partial charge in [-0.05, 0) is 178 Å². The minimum atomic E-state index is 0.131. The number of phenols is 9. The predicted octanol–water partition coefficient (Wildman–Crippen LogP) is 17.3. The van der Waals surface area contributed by atoms with Crippen LogP contribution in [0.1, 0.15) is 66.8 Å². The van der Waals surface area contributed by atoms with Gasteiger partial charge in [0.15, 0.2) is 0 Å². The predicted molar refractivity (Wildman–Crippen MR) is 332 cm³/mol. The van der Waals surface area contributed by atoms with Gasteiger partial charge in [-0.25, -0.2) is 0 Å². The Morgan fingerprint density at radius 1 is 0.185 bits per heavy atom. The number of rotatable bonds is 0. The van der Waals surface area contributed by atoms with Crippen LogP contribution in [0.5, 0.6) is 51.7 Å². The maximum atomic E-state index is 9.64. The van der Waals surface area contributed by atoms with Crippen LogP contribution in [-0.2, 0) is 0 Å². The van der Waals surface area contributed by atoms with Crippen molar-refractivity contribution in [2.45, 2.75) is 0 Å². The Balaban J connectivity index is 0.0000000916. The molecule has 9 N–H and O–H groups in total. The van der Waals surface area contributed by atoms with E-state index in [2.05, 4.69) is 42.5 Å². The van der Waals surface area contributed by atoms with Gasteiger partial charge in [0.1, 0.15) is 51.7 Å². The third-order valence-electron chi connectivity index (χ3n) is 15.2. The Bertz CT molecular complexity index is 4750. The van der Waals surface area contributed by atoms with Crippen molar-refractivity contribution in [2.75, 3.05) is 0 Å². The zero-order valence-corrected chi connectivity index (χ0v) is 43.0. The summed E-state index contributed by atoms with van der Waals surface area (Å²) >= 11 is 0. The number of hydrogen-bond donors (Lipinski definition) is 9. The fourth-order valence-corrected chi connectivity index (χ4v) is 11.7. The highest BCUT2D eigenvalue weighted by atomic mass is 16.3. The summed E-state index contributed by atoms with van der Waals surface area (Å²) in [6.45, 7) is 0. The first-order valence-electron chi connectivity index (χ1n) is 26.1. The summed E-state index contributed by atoms with van der Waals surface area (Å²) in [4.78, 5) is 0. The minimum absolute atomic E-state index is 0.131. The molecule has 0 fully saturated rings. The molecule has 0 amide bonds. The molecule has 0 bridgehead atoms. The van der Waals surface area contributed by atoms with Crippen LogP contribution in [0.4, 0.5) is 0 Å². The van der Waals surface area contributed by atoms with Crippen molar-refractivity contribution in [3.05, 3.63) is 231 Å². The zero-order valence-electron chi connectivity index (χ0n) is 43.0. The van der Waals surface area contributed by atoms with Crippen molar-refractivity contribution in [1.82, 2.24) is 0 Å². The number of aromatic hydroxyl groups is 9. The Kier molecular flexibility index (Phi) is 12.0. The first kappa shape index (κ1) is 49.4. The highest BCUT2D eigenvalue weighted by Gasteiger charge is 2.17. The zero-order chi connectivity index (χ0) is 55.6. The molecule has 6 aliphatic rings. The van der Waals surface area contributed by atoms with Crippen molar-refractivity contribution in [3.63, 3.8) is 0 Å². The molecule has 6 aliphatic carbocycles. The molecule has 12 aromatic rings. The van der Waals surface area contributed by atoms with Gasteiger partial charge in [0.05, 0.1) is 5.39 Å². The number of phenolic OH excluding ortho intramolecular Hbond substituents is 9. The molecule has 12 aromatic carbocycles. The summed E-state index contributed by atoms with van der Waals surface area (Å²) in [6.07, 6.45) is 23.9. The molecule has 0 unspecified atom stereocenters. The molecule has 9 heteroatoms. The van der Waals surface area contributed by atoms with Crippen LogP contribution in [0.15, 0.2) is 164 Å². The Labute approximate surface area is 463 Å². The Morgan fingerprint density at radius 3 is 1.06 bits per heavy atom. The van der Waals surface area contributed by atoms with Gasteiger partial charge in [-0.2, -0.15) is 0 Å². The van der Waals surface area contributed by atoms with Gasteiger partial charge < -0.3 is 46.0 Å². The smallest absolute Gasteiger partial charge is 0.127 e. The first-order chi connectivity index (χ1) is 39.3. The Morgan fingerprint density at radius 2 is 0.519 bits per heavy atom. The second-order valence-electron chi connectivity index (χ2n) is 20.3. The molecule has 0 aromatic heterocycles. The lowest BCUT2D eigenvalue weighted by Crippen LogP contribution is -1.80. The van der Waals surface area contributed by atoms with Crippen LogP contribution in [0.2, 0.25) is 0 Å². The van der Waals surface area contributed by atoms with E-state index in [0.29, 0.717) is 22.6 Å². The summed E-state index contributed by atoms with van der Waals surface area (Å²) in [7, 11) is 0. The van der Waals surface area contributed by atoms with E-state index in [-0.39, 0.29) is 34.5 Å². The van der Waals surface area contributed by atoms with Crippen LogP contribution in [-0.4, -0.2) is 46.0 Å². The second kappa shape index (κ2) is 19.7. The topological polar surface area (TPSA) is 182 Å². The van der Waals surface area contributed by atoms with Crippen LogP contribution >= 0.6 is 0 Å². The fourth-order valence-electron chi connectivity index (χ4n) is 11.7. The molecule has 0 spiro atoms. The van der Waals surface area contributed by atoms with E-state index in [4.69, 9.17) is 0 Å². The van der Waals surface area contributed by atoms with E-state index >= 15 is 0 Å². The molecule has 0 saturated carbocycles. The first-order valence-corrected chi connectivity index (χ1v) is 26.1. The van der Waals surface area contributed by atoms with Crippen molar-refractivity contribution in [3.8, 4) is 51.7 Å². The average molecular weight is 1060 g/mol. The van der Waals surface area contributed by atoms with Crippen LogP contribution < -0.4 is 0 Å². The molecular formula is C72H48O9. The van der Waals surface area contributed by atoms with E-state index in [1.807, 2.05) is 115 Å². The van der Waals surface area contributed by atoms with Gasteiger partial charge >= 0.3 is 0 Å². The summed E-state index contributed by atoms with van der Waals surface area (Å²) in [5, 5.41) is 98.1. The van der Waals surface area contributed by atoms with Crippen molar-refractivity contribution in [2.24, 2.45) is 0 Å². The lowest BCUT2D eigenvalue weighted by molar-refractivity contribution is 0.463. The minimum Gasteiger partial charge on any atom is -0.508 e. The van der Waals surface area contributed by atoms with Crippen LogP contribution in [0, 0.1) is 0 Å². The summed E-state index contributed by atoms with van der Waals surface area (Å²) < 4.78 is 0. The normalized spacial score (nSPS) is 12.6. The molecule has 390 valence electrons. The monoisotopic (exact) mass is 1060 g/mol. The SMILES string of the molecule is Oc1cc2c3c(c(O)ccc3c1)C=C2.Oc1cc2c3c(cc(O)cc3c1)C=C2.Oc1cc2c3c(cccc3c1)C=C2.Oc1ccc2c3c(ccc(O)c13)C=C2.Oc1ccc2c3c(cccc13)C=C2.Oc1ccc2cccc3c2c1C=C3. The van der Waals surface area contributed by atoms with Gasteiger partial charge in [0.2, 0.25) is 0 Å². The molecule has 18 rings (SSSR count). The molecule has 0 radical (unpaired) electrons. The highest BCUT2D eigenvalue weighted by Crippen LogP contribution is 2.43. The van der Waals surface area contributed by atoms with Gasteiger partial charge in [-0.3, -0.25) is 0 Å².